The smallest absolute Gasteiger partial charge is 0.357 e. The molecular formula is C15H26N2O2S. The number of carbonyl (C=O) groups excluding carboxylic acids is 1. The highest BCUT2D eigenvalue weighted by atomic mass is 32.1. The summed E-state index contributed by atoms with van der Waals surface area (Å²) in [6, 6.07) is 0.471. The van der Waals surface area contributed by atoms with Gasteiger partial charge < -0.3 is 9.64 Å². The number of carbonyl (C=O) groups is 1. The van der Waals surface area contributed by atoms with Crippen molar-refractivity contribution >= 4 is 22.4 Å². The first-order valence-electron chi connectivity index (χ1n) is 7.42. The van der Waals surface area contributed by atoms with Gasteiger partial charge in [-0.15, -0.1) is 11.3 Å². The number of hydrogen-bond acceptors (Lipinski definition) is 5. The zero-order valence-corrected chi connectivity index (χ0v) is 14.0. The molecule has 114 valence electrons. The molecule has 0 N–H and O–H groups in total. The molecule has 0 aromatic carbocycles. The summed E-state index contributed by atoms with van der Waals surface area (Å²) in [6.07, 6.45) is 2.16. The summed E-state index contributed by atoms with van der Waals surface area (Å²) in [5.41, 5.74) is 0.423. The SMILES string of the molecule is CCOC(=O)c1csc(N(CC(C)C)C(CC)CC)n1. The number of aromatic nitrogens is 1. The number of hydrogen-bond donors (Lipinski definition) is 0. The number of ether oxygens (including phenoxy) is 1. The van der Waals surface area contributed by atoms with Gasteiger partial charge in [-0.05, 0) is 25.7 Å². The van der Waals surface area contributed by atoms with Gasteiger partial charge in [-0.3, -0.25) is 0 Å². The molecule has 1 aromatic rings. The lowest BCUT2D eigenvalue weighted by Crippen LogP contribution is -2.37. The van der Waals surface area contributed by atoms with Gasteiger partial charge in [0, 0.05) is 18.0 Å². The Morgan fingerprint density at radius 1 is 1.35 bits per heavy atom. The Morgan fingerprint density at radius 2 is 2.00 bits per heavy atom. The van der Waals surface area contributed by atoms with Crippen LogP contribution in [0, 0.1) is 5.92 Å². The van der Waals surface area contributed by atoms with Crippen LogP contribution in [0.1, 0.15) is 57.9 Å². The van der Waals surface area contributed by atoms with Crippen molar-refractivity contribution in [1.82, 2.24) is 4.98 Å². The fraction of sp³-hybridized carbons (Fsp3) is 0.733. The molecule has 0 bridgehead atoms. The molecule has 0 aliphatic heterocycles. The minimum atomic E-state index is -0.330. The van der Waals surface area contributed by atoms with Crippen LogP contribution in [0.5, 0.6) is 0 Å². The quantitative estimate of drug-likeness (QED) is 0.681. The minimum Gasteiger partial charge on any atom is -0.461 e. The first-order chi connectivity index (χ1) is 9.53. The number of thiazole rings is 1. The summed E-state index contributed by atoms with van der Waals surface area (Å²) < 4.78 is 5.00. The van der Waals surface area contributed by atoms with Gasteiger partial charge in [-0.25, -0.2) is 9.78 Å². The summed E-state index contributed by atoms with van der Waals surface area (Å²) in [6.45, 7) is 11.9. The molecule has 1 rings (SSSR count). The Bertz CT molecular complexity index is 414. The van der Waals surface area contributed by atoms with E-state index in [1.54, 1.807) is 12.3 Å². The molecule has 0 radical (unpaired) electrons. The van der Waals surface area contributed by atoms with Gasteiger partial charge in [0.1, 0.15) is 0 Å². The molecule has 0 atom stereocenters. The lowest BCUT2D eigenvalue weighted by atomic mass is 10.1. The second-order valence-electron chi connectivity index (χ2n) is 5.25. The van der Waals surface area contributed by atoms with Crippen LogP contribution in [-0.4, -0.2) is 30.1 Å². The molecule has 4 nitrogen and oxygen atoms in total. The molecule has 1 heterocycles. The summed E-state index contributed by atoms with van der Waals surface area (Å²) in [5, 5.41) is 2.72. The van der Waals surface area contributed by atoms with Crippen LogP contribution in [0.2, 0.25) is 0 Å². The Hall–Kier alpha value is -1.10. The first-order valence-corrected chi connectivity index (χ1v) is 8.30. The summed E-state index contributed by atoms with van der Waals surface area (Å²) in [5.74, 6) is 0.231. The topological polar surface area (TPSA) is 42.4 Å². The summed E-state index contributed by atoms with van der Waals surface area (Å²) >= 11 is 1.53. The molecule has 5 heteroatoms. The number of rotatable bonds is 8. The van der Waals surface area contributed by atoms with E-state index >= 15 is 0 Å². The van der Waals surface area contributed by atoms with E-state index in [2.05, 4.69) is 37.6 Å². The van der Waals surface area contributed by atoms with Crippen molar-refractivity contribution < 1.29 is 9.53 Å². The summed E-state index contributed by atoms with van der Waals surface area (Å²) in [4.78, 5) is 18.5. The van der Waals surface area contributed by atoms with Crippen LogP contribution >= 0.6 is 11.3 Å². The average molecular weight is 298 g/mol. The molecule has 1 aromatic heterocycles. The Balaban J connectivity index is 2.93. The van der Waals surface area contributed by atoms with E-state index in [4.69, 9.17) is 4.74 Å². The number of esters is 1. The first kappa shape index (κ1) is 17.0. The van der Waals surface area contributed by atoms with E-state index in [0.29, 0.717) is 24.3 Å². The molecule has 0 aliphatic carbocycles. The minimum absolute atomic E-state index is 0.330. The largest absolute Gasteiger partial charge is 0.461 e. The van der Waals surface area contributed by atoms with Crippen LogP contribution < -0.4 is 4.90 Å². The van der Waals surface area contributed by atoms with Crippen molar-refractivity contribution in [3.05, 3.63) is 11.1 Å². The zero-order valence-electron chi connectivity index (χ0n) is 13.2. The van der Waals surface area contributed by atoms with Gasteiger partial charge in [0.25, 0.3) is 0 Å². The molecule has 0 saturated heterocycles. The van der Waals surface area contributed by atoms with Crippen molar-refractivity contribution in [1.29, 1.82) is 0 Å². The predicted octanol–water partition coefficient (Wildman–Crippen LogP) is 3.97. The van der Waals surface area contributed by atoms with E-state index < -0.39 is 0 Å². The van der Waals surface area contributed by atoms with Crippen molar-refractivity contribution in [2.75, 3.05) is 18.1 Å². The van der Waals surface area contributed by atoms with E-state index in [1.807, 2.05) is 0 Å². The number of nitrogens with zero attached hydrogens (tertiary/aromatic N) is 2. The zero-order chi connectivity index (χ0) is 15.1. The van der Waals surface area contributed by atoms with Gasteiger partial charge >= 0.3 is 5.97 Å². The molecule has 0 unspecified atom stereocenters. The predicted molar refractivity (Wildman–Crippen MR) is 84.6 cm³/mol. The Labute approximate surface area is 126 Å². The number of anilines is 1. The lowest BCUT2D eigenvalue weighted by Gasteiger charge is -2.31. The lowest BCUT2D eigenvalue weighted by molar-refractivity contribution is 0.0520. The molecule has 0 aliphatic rings. The molecule has 0 saturated carbocycles. The fourth-order valence-corrected chi connectivity index (χ4v) is 3.08. The second kappa shape index (κ2) is 8.25. The van der Waals surface area contributed by atoms with Crippen molar-refractivity contribution in [3.8, 4) is 0 Å². The third-order valence-corrected chi connectivity index (χ3v) is 4.05. The highest BCUT2D eigenvalue weighted by Crippen LogP contribution is 2.26. The maximum Gasteiger partial charge on any atom is 0.357 e. The van der Waals surface area contributed by atoms with Gasteiger partial charge in [-0.2, -0.15) is 0 Å². The van der Waals surface area contributed by atoms with Gasteiger partial charge in [-0.1, -0.05) is 27.7 Å². The Kier molecular flexibility index (Phi) is 6.99. The highest BCUT2D eigenvalue weighted by molar-refractivity contribution is 7.13. The van der Waals surface area contributed by atoms with E-state index in [0.717, 1.165) is 24.5 Å². The van der Waals surface area contributed by atoms with Gasteiger partial charge in [0.05, 0.1) is 6.61 Å². The van der Waals surface area contributed by atoms with Crippen LogP contribution in [0.3, 0.4) is 0 Å². The molecular weight excluding hydrogens is 272 g/mol. The maximum atomic E-state index is 11.7. The monoisotopic (exact) mass is 298 g/mol. The van der Waals surface area contributed by atoms with E-state index in [9.17, 15) is 4.79 Å². The molecule has 0 amide bonds. The van der Waals surface area contributed by atoms with E-state index in [-0.39, 0.29) is 5.97 Å². The summed E-state index contributed by atoms with van der Waals surface area (Å²) in [7, 11) is 0. The molecule has 0 spiro atoms. The highest BCUT2D eigenvalue weighted by Gasteiger charge is 2.21. The van der Waals surface area contributed by atoms with Gasteiger partial charge in [0.2, 0.25) is 0 Å². The standard InChI is InChI=1S/C15H26N2O2S/c1-6-12(7-2)17(9-11(4)5)15-16-13(10-20-15)14(18)19-8-3/h10-12H,6-9H2,1-5H3. The van der Waals surface area contributed by atoms with Crippen molar-refractivity contribution in [2.45, 2.75) is 53.5 Å². The molecule has 20 heavy (non-hydrogen) atoms. The third-order valence-electron chi connectivity index (χ3n) is 3.17. The fourth-order valence-electron chi connectivity index (χ4n) is 2.20. The second-order valence-corrected chi connectivity index (χ2v) is 6.09. The van der Waals surface area contributed by atoms with Crippen LogP contribution in [0.15, 0.2) is 5.38 Å². The molecule has 0 fully saturated rings. The van der Waals surface area contributed by atoms with Gasteiger partial charge in [0.15, 0.2) is 10.8 Å². The van der Waals surface area contributed by atoms with Crippen LogP contribution in [-0.2, 0) is 4.74 Å². The van der Waals surface area contributed by atoms with Crippen LogP contribution in [0.4, 0.5) is 5.13 Å². The van der Waals surface area contributed by atoms with E-state index in [1.165, 1.54) is 11.3 Å². The van der Waals surface area contributed by atoms with Crippen molar-refractivity contribution in [2.24, 2.45) is 5.92 Å². The third kappa shape index (κ3) is 4.47. The maximum absolute atomic E-state index is 11.7. The normalized spacial score (nSPS) is 11.2. The Morgan fingerprint density at radius 3 is 2.50 bits per heavy atom. The average Bonchev–Trinajstić information content (AvgIpc) is 2.88. The van der Waals surface area contributed by atoms with Crippen LogP contribution in [0.25, 0.3) is 0 Å². The van der Waals surface area contributed by atoms with Crippen molar-refractivity contribution in [3.63, 3.8) is 0 Å².